The Labute approximate surface area is 212 Å². The molecule has 1 aromatic heterocycles. The van der Waals surface area contributed by atoms with Gasteiger partial charge in [0.2, 0.25) is 0 Å². The Hall–Kier alpha value is -2.49. The molecule has 0 bridgehead atoms. The summed E-state index contributed by atoms with van der Waals surface area (Å²) in [4.78, 5) is 0.367. The number of fused-ring (bicyclic) bond motifs is 1. The smallest absolute Gasteiger partial charge is 0.264 e. The molecule has 1 unspecified atom stereocenters. The fourth-order valence-corrected chi connectivity index (χ4v) is 6.58. The summed E-state index contributed by atoms with van der Waals surface area (Å²) in [6, 6.07) is 11.5. The average Bonchev–Trinajstić information content (AvgIpc) is 3.24. The molecule has 2 heterocycles. The molecule has 7 nitrogen and oxygen atoms in total. The minimum absolute atomic E-state index is 0.130. The van der Waals surface area contributed by atoms with Crippen molar-refractivity contribution in [3.05, 3.63) is 65.5 Å². The van der Waals surface area contributed by atoms with Crippen LogP contribution in [0.5, 0.6) is 0 Å². The van der Waals surface area contributed by atoms with Crippen LogP contribution in [0.25, 0.3) is 11.1 Å². The Morgan fingerprint density at radius 1 is 1.06 bits per heavy atom. The van der Waals surface area contributed by atoms with Gasteiger partial charge in [-0.2, -0.15) is 5.10 Å². The molecule has 1 aliphatic rings. The van der Waals surface area contributed by atoms with E-state index >= 15 is 0 Å². The van der Waals surface area contributed by atoms with E-state index < -0.39 is 21.0 Å². The highest BCUT2D eigenvalue weighted by molar-refractivity contribution is 7.93. The molecule has 3 aromatic rings. The number of sulfonamides is 1. The second-order valence-electron chi connectivity index (χ2n) is 9.73. The lowest BCUT2D eigenvalue weighted by Gasteiger charge is -2.32. The first kappa shape index (κ1) is 27.1. The van der Waals surface area contributed by atoms with Gasteiger partial charge in [-0.25, -0.2) is 17.3 Å². The molecule has 1 atom stereocenters. The van der Waals surface area contributed by atoms with E-state index in [4.69, 9.17) is 0 Å². The maximum Gasteiger partial charge on any atom is 0.264 e. The molecule has 9 heteroatoms. The van der Waals surface area contributed by atoms with E-state index in [2.05, 4.69) is 9.82 Å². The minimum atomic E-state index is -3.61. The molecule has 190 valence electrons. The van der Waals surface area contributed by atoms with Crippen LogP contribution in [0, 0.1) is 13.8 Å². The SMILES string of the molecule is CNS(=O)C(C)(C)C.Cc1cc(-c2cnn(C)c2)ccc1S(=O)(=O)N1CCCc2cccc(C)c21. The summed E-state index contributed by atoms with van der Waals surface area (Å²) in [5.74, 6) is 0. The third kappa shape index (κ3) is 6.02. The quantitative estimate of drug-likeness (QED) is 0.553. The van der Waals surface area contributed by atoms with Crippen molar-refractivity contribution in [3.63, 3.8) is 0 Å². The summed E-state index contributed by atoms with van der Waals surface area (Å²) < 4.78 is 43.7. The van der Waals surface area contributed by atoms with Gasteiger partial charge in [0.1, 0.15) is 0 Å². The summed E-state index contributed by atoms with van der Waals surface area (Å²) in [5, 5.41) is 4.19. The van der Waals surface area contributed by atoms with Gasteiger partial charge >= 0.3 is 0 Å². The summed E-state index contributed by atoms with van der Waals surface area (Å²) in [6.07, 6.45) is 5.46. The number of anilines is 1. The molecule has 1 aliphatic heterocycles. The van der Waals surface area contributed by atoms with Crippen LogP contribution in [0.2, 0.25) is 0 Å². The van der Waals surface area contributed by atoms with Crippen LogP contribution in [-0.4, -0.2) is 40.7 Å². The van der Waals surface area contributed by atoms with Crippen molar-refractivity contribution >= 4 is 26.7 Å². The normalized spacial score (nSPS) is 14.7. The number of nitrogens with zero attached hydrogens (tertiary/aromatic N) is 3. The maximum atomic E-state index is 13.5. The number of rotatable bonds is 4. The second kappa shape index (κ2) is 10.6. The van der Waals surface area contributed by atoms with Gasteiger partial charge in [0.15, 0.2) is 0 Å². The zero-order valence-corrected chi connectivity index (χ0v) is 23.3. The molecular weight excluding hydrogens is 480 g/mol. The molecule has 1 N–H and O–H groups in total. The third-order valence-corrected chi connectivity index (χ3v) is 9.34. The first-order valence-electron chi connectivity index (χ1n) is 11.7. The fraction of sp³-hybridized carbons (Fsp3) is 0.423. The van der Waals surface area contributed by atoms with Gasteiger partial charge in [0, 0.05) is 25.4 Å². The third-order valence-electron chi connectivity index (χ3n) is 5.90. The Morgan fingerprint density at radius 3 is 2.31 bits per heavy atom. The largest absolute Gasteiger partial charge is 0.275 e. The number of hydrogen-bond donors (Lipinski definition) is 1. The average molecular weight is 517 g/mol. The van der Waals surface area contributed by atoms with Crippen molar-refractivity contribution in [2.24, 2.45) is 7.05 Å². The molecule has 0 amide bonds. The summed E-state index contributed by atoms with van der Waals surface area (Å²) in [6.45, 7) is 10.1. The van der Waals surface area contributed by atoms with E-state index in [1.807, 2.05) is 78.2 Å². The molecular formula is C26H36N4O3S2. The molecule has 4 rings (SSSR count). The second-order valence-corrected chi connectivity index (χ2v) is 13.7. The van der Waals surface area contributed by atoms with Crippen molar-refractivity contribution < 1.29 is 12.6 Å². The Kier molecular flexibility index (Phi) is 8.24. The Morgan fingerprint density at radius 2 is 1.77 bits per heavy atom. The van der Waals surface area contributed by atoms with E-state index in [9.17, 15) is 12.6 Å². The molecule has 0 aliphatic carbocycles. The number of para-hydroxylation sites is 1. The standard InChI is InChI=1S/C21H23N3O2S.C5H13NOS/c1-15-6-4-7-17-8-5-11-24(21(15)17)27(25,26)20-10-9-18(12-16(20)2)19-13-22-23(3)14-19;1-5(2,3)8(7)6-4/h4,6-7,9-10,12-14H,5,8,11H2,1-3H3;6H,1-4H3. The van der Waals surface area contributed by atoms with Crippen LogP contribution in [-0.2, 0) is 34.5 Å². The molecule has 35 heavy (non-hydrogen) atoms. The highest BCUT2D eigenvalue weighted by Crippen LogP contribution is 2.36. The van der Waals surface area contributed by atoms with Crippen LogP contribution < -0.4 is 9.03 Å². The van der Waals surface area contributed by atoms with E-state index in [1.165, 1.54) is 0 Å². The van der Waals surface area contributed by atoms with Crippen LogP contribution in [0.1, 0.15) is 43.9 Å². The number of hydrogen-bond acceptors (Lipinski definition) is 4. The molecule has 0 fully saturated rings. The van der Waals surface area contributed by atoms with Crippen LogP contribution in [0.15, 0.2) is 53.7 Å². The maximum absolute atomic E-state index is 13.5. The van der Waals surface area contributed by atoms with Gasteiger partial charge in [-0.15, -0.1) is 0 Å². The summed E-state index contributed by atoms with van der Waals surface area (Å²) >= 11 is 0. The highest BCUT2D eigenvalue weighted by Gasteiger charge is 2.31. The van der Waals surface area contributed by atoms with Crippen molar-refractivity contribution in [1.82, 2.24) is 14.5 Å². The molecule has 0 radical (unpaired) electrons. The topological polar surface area (TPSA) is 84.3 Å². The van der Waals surface area contributed by atoms with E-state index in [1.54, 1.807) is 28.3 Å². The van der Waals surface area contributed by atoms with Gasteiger partial charge < -0.3 is 0 Å². The van der Waals surface area contributed by atoms with Crippen LogP contribution >= 0.6 is 0 Å². The number of nitrogens with one attached hydrogen (secondary N) is 1. The van der Waals surface area contributed by atoms with Gasteiger partial charge in [-0.05, 0) is 88.9 Å². The van der Waals surface area contributed by atoms with Crippen molar-refractivity contribution in [3.8, 4) is 11.1 Å². The first-order chi connectivity index (χ1) is 16.4. The van der Waals surface area contributed by atoms with E-state index in [0.717, 1.165) is 46.3 Å². The predicted octanol–water partition coefficient (Wildman–Crippen LogP) is 4.51. The Balaban J connectivity index is 0.000000371. The lowest BCUT2D eigenvalue weighted by atomic mass is 10.0. The lowest BCUT2D eigenvalue weighted by Crippen LogP contribution is -2.36. The van der Waals surface area contributed by atoms with E-state index in [-0.39, 0.29) is 4.75 Å². The highest BCUT2D eigenvalue weighted by atomic mass is 32.2. The number of benzene rings is 2. The fourth-order valence-electron chi connectivity index (χ4n) is 4.16. The van der Waals surface area contributed by atoms with E-state index in [0.29, 0.717) is 11.4 Å². The predicted molar refractivity (Wildman–Crippen MR) is 144 cm³/mol. The van der Waals surface area contributed by atoms with Gasteiger partial charge in [-0.1, -0.05) is 24.3 Å². The molecule has 0 spiro atoms. The van der Waals surface area contributed by atoms with Crippen molar-refractivity contribution in [2.45, 2.75) is 57.1 Å². The monoisotopic (exact) mass is 516 g/mol. The number of aromatic nitrogens is 2. The summed E-state index contributed by atoms with van der Waals surface area (Å²) in [7, 11) is -0.942. The van der Waals surface area contributed by atoms with Crippen LogP contribution in [0.4, 0.5) is 5.69 Å². The molecule has 0 saturated heterocycles. The molecule has 2 aromatic carbocycles. The lowest BCUT2D eigenvalue weighted by molar-refractivity contribution is 0.585. The van der Waals surface area contributed by atoms with Gasteiger partial charge in [0.25, 0.3) is 10.0 Å². The number of aryl methyl sites for hydroxylation is 4. The van der Waals surface area contributed by atoms with Crippen LogP contribution in [0.3, 0.4) is 0 Å². The zero-order valence-electron chi connectivity index (χ0n) is 21.6. The minimum Gasteiger partial charge on any atom is -0.275 e. The van der Waals surface area contributed by atoms with Gasteiger partial charge in [0.05, 0.1) is 32.5 Å². The van der Waals surface area contributed by atoms with Crippen molar-refractivity contribution in [2.75, 3.05) is 17.9 Å². The van der Waals surface area contributed by atoms with Gasteiger partial charge in [-0.3, -0.25) is 8.99 Å². The molecule has 0 saturated carbocycles. The Bertz CT molecular complexity index is 1320. The van der Waals surface area contributed by atoms with Crippen molar-refractivity contribution in [1.29, 1.82) is 0 Å². The summed E-state index contributed by atoms with van der Waals surface area (Å²) in [5.41, 5.74) is 5.64. The first-order valence-corrected chi connectivity index (χ1v) is 14.3. The zero-order chi connectivity index (χ0) is 26.0.